The minimum Gasteiger partial charge on any atom is -0.450 e. The van der Waals surface area contributed by atoms with Crippen LogP contribution in [0.3, 0.4) is 0 Å². The first kappa shape index (κ1) is 9.81. The van der Waals surface area contributed by atoms with E-state index in [1.54, 1.807) is 0 Å². The van der Waals surface area contributed by atoms with Crippen molar-refractivity contribution in [2.75, 3.05) is 0 Å². The average Bonchev–Trinajstić information content (AvgIpc) is 2.17. The number of carboxylic acid groups (broad SMARTS) is 1. The zero-order valence-corrected chi connectivity index (χ0v) is 8.45. The van der Waals surface area contributed by atoms with E-state index >= 15 is 0 Å². The molecule has 3 atom stereocenters. The molecule has 3 heteroatoms. The van der Waals surface area contributed by atoms with E-state index in [9.17, 15) is 4.79 Å². The Morgan fingerprint density at radius 3 is 2.50 bits per heavy atom. The average molecular weight is 198 g/mol. The van der Waals surface area contributed by atoms with Crippen molar-refractivity contribution < 1.29 is 14.6 Å². The third-order valence-corrected chi connectivity index (χ3v) is 3.76. The molecule has 0 aromatic rings. The Labute approximate surface area is 84.4 Å². The molecule has 1 N–H and O–H groups in total. The lowest BCUT2D eigenvalue weighted by atomic mass is 9.70. The molecule has 0 spiro atoms. The van der Waals surface area contributed by atoms with Crippen LogP contribution in [0, 0.1) is 11.8 Å². The Morgan fingerprint density at radius 2 is 1.79 bits per heavy atom. The predicted molar refractivity (Wildman–Crippen MR) is 52.2 cm³/mol. The summed E-state index contributed by atoms with van der Waals surface area (Å²) in [5, 5.41) is 8.54. The molecule has 2 aliphatic carbocycles. The van der Waals surface area contributed by atoms with Crippen LogP contribution in [-0.4, -0.2) is 17.4 Å². The molecular formula is C11H18O3. The van der Waals surface area contributed by atoms with Gasteiger partial charge in [0.1, 0.15) is 6.10 Å². The molecule has 0 radical (unpaired) electrons. The Morgan fingerprint density at radius 1 is 1.07 bits per heavy atom. The first-order valence-corrected chi connectivity index (χ1v) is 5.65. The Kier molecular flexibility index (Phi) is 2.94. The van der Waals surface area contributed by atoms with Crippen LogP contribution in [0.5, 0.6) is 0 Å². The van der Waals surface area contributed by atoms with E-state index in [0.717, 1.165) is 24.7 Å². The van der Waals surface area contributed by atoms with Gasteiger partial charge in [0.15, 0.2) is 0 Å². The minimum absolute atomic E-state index is 0.0214. The van der Waals surface area contributed by atoms with Gasteiger partial charge in [0.25, 0.3) is 0 Å². The van der Waals surface area contributed by atoms with Crippen LogP contribution in [0.4, 0.5) is 4.79 Å². The van der Waals surface area contributed by atoms with Crippen molar-refractivity contribution in [3.05, 3.63) is 0 Å². The van der Waals surface area contributed by atoms with Gasteiger partial charge >= 0.3 is 6.16 Å². The van der Waals surface area contributed by atoms with Crippen molar-refractivity contribution in [3.63, 3.8) is 0 Å². The molecule has 80 valence electrons. The van der Waals surface area contributed by atoms with Gasteiger partial charge in [0, 0.05) is 0 Å². The Bertz CT molecular complexity index is 215. The molecule has 0 saturated heterocycles. The van der Waals surface area contributed by atoms with Crippen LogP contribution >= 0.6 is 0 Å². The van der Waals surface area contributed by atoms with Gasteiger partial charge in [0.2, 0.25) is 0 Å². The third-order valence-electron chi connectivity index (χ3n) is 3.76. The van der Waals surface area contributed by atoms with E-state index in [4.69, 9.17) is 9.84 Å². The van der Waals surface area contributed by atoms with Crippen molar-refractivity contribution in [2.24, 2.45) is 11.8 Å². The zero-order chi connectivity index (χ0) is 9.97. The van der Waals surface area contributed by atoms with Gasteiger partial charge in [-0.05, 0) is 31.1 Å². The van der Waals surface area contributed by atoms with E-state index < -0.39 is 6.16 Å². The van der Waals surface area contributed by atoms with E-state index in [0.29, 0.717) is 0 Å². The minimum atomic E-state index is -1.11. The van der Waals surface area contributed by atoms with Gasteiger partial charge in [-0.1, -0.05) is 25.7 Å². The summed E-state index contributed by atoms with van der Waals surface area (Å²) in [5.74, 6) is 1.60. The van der Waals surface area contributed by atoms with Crippen molar-refractivity contribution in [3.8, 4) is 0 Å². The maximum atomic E-state index is 10.4. The van der Waals surface area contributed by atoms with E-state index in [-0.39, 0.29) is 6.10 Å². The Hall–Kier alpha value is -0.730. The monoisotopic (exact) mass is 198 g/mol. The number of ether oxygens (including phenoxy) is 1. The first-order chi connectivity index (χ1) is 6.75. The van der Waals surface area contributed by atoms with Crippen LogP contribution in [-0.2, 0) is 4.74 Å². The van der Waals surface area contributed by atoms with Gasteiger partial charge in [-0.25, -0.2) is 4.79 Å². The number of rotatable bonds is 1. The normalized spacial score (nSPS) is 37.3. The van der Waals surface area contributed by atoms with Crippen molar-refractivity contribution >= 4 is 6.16 Å². The van der Waals surface area contributed by atoms with E-state index in [1.807, 2.05) is 0 Å². The molecule has 0 heterocycles. The highest BCUT2D eigenvalue weighted by molar-refractivity contribution is 5.57. The summed E-state index contributed by atoms with van der Waals surface area (Å²) in [6, 6.07) is 0. The first-order valence-electron chi connectivity index (χ1n) is 5.65. The van der Waals surface area contributed by atoms with Crippen molar-refractivity contribution in [1.82, 2.24) is 0 Å². The molecule has 2 rings (SSSR count). The maximum absolute atomic E-state index is 10.4. The second kappa shape index (κ2) is 4.20. The quantitative estimate of drug-likeness (QED) is 0.659. The summed E-state index contributed by atoms with van der Waals surface area (Å²) in [6.07, 6.45) is 7.27. The molecule has 2 saturated carbocycles. The molecule has 2 fully saturated rings. The molecule has 3 unspecified atom stereocenters. The Balaban J connectivity index is 1.86. The number of fused-ring (bicyclic) bond motifs is 1. The van der Waals surface area contributed by atoms with E-state index in [2.05, 4.69) is 0 Å². The molecule has 0 amide bonds. The molecular weight excluding hydrogens is 180 g/mol. The fraction of sp³-hybridized carbons (Fsp3) is 0.909. The highest BCUT2D eigenvalue weighted by Crippen LogP contribution is 2.41. The highest BCUT2D eigenvalue weighted by Gasteiger charge is 2.33. The van der Waals surface area contributed by atoms with Crippen LogP contribution < -0.4 is 0 Å². The summed E-state index contributed by atoms with van der Waals surface area (Å²) in [7, 11) is 0. The van der Waals surface area contributed by atoms with Crippen LogP contribution in [0.25, 0.3) is 0 Å². The SMILES string of the molecule is O=C(O)OC1CCC2CCCCC2C1. The summed E-state index contributed by atoms with van der Waals surface area (Å²) >= 11 is 0. The highest BCUT2D eigenvalue weighted by atomic mass is 16.7. The second-order valence-electron chi connectivity index (χ2n) is 4.62. The van der Waals surface area contributed by atoms with Gasteiger partial charge in [-0.3, -0.25) is 0 Å². The largest absolute Gasteiger partial charge is 0.506 e. The molecule has 0 bridgehead atoms. The van der Waals surface area contributed by atoms with Crippen molar-refractivity contribution in [1.29, 1.82) is 0 Å². The summed E-state index contributed by atoms with van der Waals surface area (Å²) in [4.78, 5) is 10.4. The molecule has 0 aromatic carbocycles. The topological polar surface area (TPSA) is 46.5 Å². The summed E-state index contributed by atoms with van der Waals surface area (Å²) in [6.45, 7) is 0. The smallest absolute Gasteiger partial charge is 0.450 e. The lowest BCUT2D eigenvalue weighted by molar-refractivity contribution is 0.00283. The van der Waals surface area contributed by atoms with Gasteiger partial charge < -0.3 is 9.84 Å². The van der Waals surface area contributed by atoms with Gasteiger partial charge in [0.05, 0.1) is 0 Å². The number of hydrogen-bond donors (Lipinski definition) is 1. The third kappa shape index (κ3) is 2.20. The van der Waals surface area contributed by atoms with Crippen LogP contribution in [0.15, 0.2) is 0 Å². The summed E-state index contributed by atoms with van der Waals surface area (Å²) < 4.78 is 4.86. The predicted octanol–water partition coefficient (Wildman–Crippen LogP) is 3.04. The lowest BCUT2D eigenvalue weighted by Crippen LogP contribution is -2.32. The number of hydrogen-bond acceptors (Lipinski definition) is 2. The molecule has 14 heavy (non-hydrogen) atoms. The van der Waals surface area contributed by atoms with E-state index in [1.165, 1.54) is 32.1 Å². The zero-order valence-electron chi connectivity index (χ0n) is 8.45. The van der Waals surface area contributed by atoms with Crippen LogP contribution in [0.1, 0.15) is 44.9 Å². The lowest BCUT2D eigenvalue weighted by Gasteiger charge is -2.38. The molecule has 0 aliphatic heterocycles. The van der Waals surface area contributed by atoms with Gasteiger partial charge in [-0.15, -0.1) is 0 Å². The van der Waals surface area contributed by atoms with Crippen LogP contribution in [0.2, 0.25) is 0 Å². The standard InChI is InChI=1S/C11H18O3/c12-11(13)14-10-6-5-8-3-1-2-4-9(8)7-10/h8-10H,1-7H2,(H,12,13). The maximum Gasteiger partial charge on any atom is 0.506 e. The molecule has 2 aliphatic rings. The molecule has 0 aromatic heterocycles. The summed E-state index contributed by atoms with van der Waals surface area (Å²) in [5.41, 5.74) is 0. The van der Waals surface area contributed by atoms with Crippen molar-refractivity contribution in [2.45, 2.75) is 51.0 Å². The second-order valence-corrected chi connectivity index (χ2v) is 4.62. The molecule has 3 nitrogen and oxygen atoms in total. The fourth-order valence-corrected chi connectivity index (χ4v) is 3.08. The fourth-order valence-electron chi connectivity index (χ4n) is 3.08. The number of carbonyl (C=O) groups is 1. The van der Waals surface area contributed by atoms with Gasteiger partial charge in [-0.2, -0.15) is 0 Å².